The Labute approximate surface area is 443 Å². The first-order valence-electron chi connectivity index (χ1n) is 23.0. The van der Waals surface area contributed by atoms with E-state index in [4.69, 9.17) is 87.6 Å². The van der Waals surface area contributed by atoms with Gasteiger partial charge in [-0.25, -0.2) is 28.8 Å². The van der Waals surface area contributed by atoms with Crippen LogP contribution in [-0.4, -0.2) is 114 Å². The van der Waals surface area contributed by atoms with Gasteiger partial charge in [0.15, 0.2) is 36.8 Å². The Bertz CT molecular complexity index is 2920. The summed E-state index contributed by atoms with van der Waals surface area (Å²) in [5.74, 6) is -6.58. The first kappa shape index (κ1) is 53.6. The van der Waals surface area contributed by atoms with Gasteiger partial charge in [-0.2, -0.15) is 0 Å². The summed E-state index contributed by atoms with van der Waals surface area (Å²) < 4.78 is 58.8. The zero-order valence-electron chi connectivity index (χ0n) is 39.1. The molecular weight excluding hydrogens is 1040 g/mol. The zero-order chi connectivity index (χ0) is 52.9. The summed E-state index contributed by atoms with van der Waals surface area (Å²) in [5, 5.41) is 8.69. The van der Waals surface area contributed by atoms with Crippen molar-refractivity contribution in [2.24, 2.45) is 0 Å². The second-order valence-corrected chi connectivity index (χ2v) is 18.8. The molecule has 75 heavy (non-hydrogen) atoms. The minimum Gasteiger partial charge on any atom is -0.459 e. The van der Waals surface area contributed by atoms with Crippen LogP contribution in [0, 0.1) is 5.41 Å². The van der Waals surface area contributed by atoms with Gasteiger partial charge in [0.25, 0.3) is 3.79 Å². The number of carbonyl (C=O) groups is 6. The van der Waals surface area contributed by atoms with Gasteiger partial charge in [0, 0.05) is 0 Å². The van der Waals surface area contributed by atoms with E-state index in [0.29, 0.717) is 0 Å². The molecule has 2 fully saturated rings. The minimum absolute atomic E-state index is 0.00518. The molecule has 20 heteroatoms. The molecule has 6 aromatic rings. The van der Waals surface area contributed by atoms with Gasteiger partial charge in [0.2, 0.25) is 12.2 Å². The fraction of sp³-hybridized carbons (Fsp3) is 0.218. The summed E-state index contributed by atoms with van der Waals surface area (Å²) in [6.45, 7) is -1.37. The molecule has 2 saturated heterocycles. The van der Waals surface area contributed by atoms with Gasteiger partial charge in [0.1, 0.15) is 25.4 Å². The van der Waals surface area contributed by atoms with E-state index < -0.39 is 114 Å². The predicted molar refractivity (Wildman–Crippen MR) is 267 cm³/mol. The highest BCUT2D eigenvalue weighted by atomic mass is 35.6. The molecule has 2 heterocycles. The maximum atomic E-state index is 14.3. The van der Waals surface area contributed by atoms with Crippen LogP contribution < -0.4 is 0 Å². The highest BCUT2D eigenvalue weighted by Crippen LogP contribution is 2.38. The molecule has 386 valence electrons. The predicted octanol–water partition coefficient (Wildman–Crippen LogP) is 8.80. The number of halogens is 3. The second kappa shape index (κ2) is 25.1. The van der Waals surface area contributed by atoms with Crippen LogP contribution in [0.2, 0.25) is 0 Å². The molecule has 9 atom stereocenters. The van der Waals surface area contributed by atoms with E-state index in [1.165, 1.54) is 72.8 Å². The summed E-state index contributed by atoms with van der Waals surface area (Å²) in [6.07, 6.45) is -16.3. The first-order chi connectivity index (χ1) is 36.2. The Kier molecular flexibility index (Phi) is 17.9. The number of carbonyl (C=O) groups excluding carboxylic acids is 6. The van der Waals surface area contributed by atoms with Crippen LogP contribution in [0.1, 0.15) is 62.1 Å². The Morgan fingerprint density at radius 1 is 0.373 bits per heavy atom. The van der Waals surface area contributed by atoms with Crippen LogP contribution >= 0.6 is 34.8 Å². The van der Waals surface area contributed by atoms with Gasteiger partial charge in [-0.15, -0.1) is 0 Å². The van der Waals surface area contributed by atoms with Gasteiger partial charge < -0.3 is 47.4 Å². The summed E-state index contributed by atoms with van der Waals surface area (Å²) in [4.78, 5) is 83.4. The number of rotatable bonds is 17. The lowest BCUT2D eigenvalue weighted by Gasteiger charge is -2.45. The normalized spacial score (nSPS) is 22.1. The van der Waals surface area contributed by atoms with E-state index in [2.05, 4.69) is 0 Å². The third-order valence-corrected chi connectivity index (χ3v) is 11.9. The maximum Gasteiger partial charge on any atom is 0.338 e. The molecule has 0 amide bonds. The van der Waals surface area contributed by atoms with E-state index in [9.17, 15) is 28.8 Å². The van der Waals surface area contributed by atoms with Crippen molar-refractivity contribution in [3.05, 3.63) is 215 Å². The number of ether oxygens (including phenoxy) is 10. The van der Waals surface area contributed by atoms with Crippen LogP contribution in [0.25, 0.3) is 0 Å². The van der Waals surface area contributed by atoms with Gasteiger partial charge in [-0.1, -0.05) is 144 Å². The molecule has 0 saturated carbocycles. The van der Waals surface area contributed by atoms with E-state index in [1.54, 1.807) is 109 Å². The van der Waals surface area contributed by atoms with Gasteiger partial charge in [0.05, 0.1) is 33.4 Å². The molecule has 1 N–H and O–H groups in total. The molecule has 0 radical (unpaired) electrons. The lowest BCUT2D eigenvalue weighted by Crippen LogP contribution is -2.64. The molecule has 2 aliphatic rings. The lowest BCUT2D eigenvalue weighted by molar-refractivity contribution is -0.322. The van der Waals surface area contributed by atoms with E-state index in [1.807, 2.05) is 0 Å². The van der Waals surface area contributed by atoms with Crippen molar-refractivity contribution < 1.29 is 76.1 Å². The summed E-state index contributed by atoms with van der Waals surface area (Å²) in [6, 6.07) is 46.6. The number of alkyl halides is 3. The quantitative estimate of drug-likeness (QED) is 0.0297. The van der Waals surface area contributed by atoms with E-state index in [0.717, 1.165) is 0 Å². The Balaban J connectivity index is 1.24. The molecule has 0 bridgehead atoms. The molecule has 2 aliphatic heterocycles. The number of nitrogens with one attached hydrogen (secondary N) is 1. The molecule has 0 spiro atoms. The lowest BCUT2D eigenvalue weighted by atomic mass is 9.97. The number of hydrogen-bond acceptors (Lipinski definition) is 17. The Morgan fingerprint density at radius 3 is 0.987 bits per heavy atom. The SMILES string of the molecule is N=C(O[C@H]1O[C@H](COC(=O)c2ccccc2)[C@@H](OC(=O)c2ccccc2)[C@H](OC(=O)c2ccccc2)[C@@H]1O[C@H]1O[C@H](COC(=O)c2ccccc2)[C@@H](OC(=O)c2ccccc2)[C@@H]1OC(=O)c1ccccc1)C(Cl)(Cl)Cl. The van der Waals surface area contributed by atoms with Crippen molar-refractivity contribution in [1.29, 1.82) is 5.41 Å². The van der Waals surface area contributed by atoms with Crippen LogP contribution in [0.4, 0.5) is 0 Å². The third-order valence-electron chi connectivity index (χ3n) is 11.4. The molecular formula is C55H44Cl3NO16. The standard InChI is InChI=1S/C55H44Cl3NO16/c56-55(57,58)54(59)75-53-45(43(72-50(64)37-27-15-5-16-28-37)41(70-48(62)35-23-11-3-12-24-35)39(69-53)31-66-46(60)33-19-7-1-8-20-33)74-52-44(73-51(65)38-29-17-6-18-30-38)42(71-49(63)36-25-13-4-14-26-36)40(68-52)32-67-47(61)34-21-9-2-10-22-34/h1-30,39-45,52-53,59H,31-32H2/t39-,40-,41-,42-,43+,44+,45+,52-,53-/m1/s1. The minimum atomic E-state index is -2.57. The highest BCUT2D eigenvalue weighted by Gasteiger charge is 2.58. The number of hydrogen-bond donors (Lipinski definition) is 1. The molecule has 17 nitrogen and oxygen atoms in total. The van der Waals surface area contributed by atoms with Crippen molar-refractivity contribution in [2.45, 2.75) is 59.1 Å². The molecule has 6 aromatic carbocycles. The average molecular weight is 1080 g/mol. The molecule has 0 aliphatic carbocycles. The molecule has 0 aromatic heterocycles. The van der Waals surface area contributed by atoms with E-state index >= 15 is 0 Å². The topological polar surface area (TPSA) is 219 Å². The van der Waals surface area contributed by atoms with Crippen molar-refractivity contribution in [3.8, 4) is 0 Å². The van der Waals surface area contributed by atoms with Gasteiger partial charge >= 0.3 is 35.8 Å². The van der Waals surface area contributed by atoms with Crippen molar-refractivity contribution >= 4 is 76.5 Å². The van der Waals surface area contributed by atoms with Crippen molar-refractivity contribution in [2.75, 3.05) is 13.2 Å². The fourth-order valence-electron chi connectivity index (χ4n) is 7.76. The first-order valence-corrected chi connectivity index (χ1v) is 24.1. The van der Waals surface area contributed by atoms with Gasteiger partial charge in [-0.3, -0.25) is 5.41 Å². The number of esters is 6. The smallest absolute Gasteiger partial charge is 0.338 e. The largest absolute Gasteiger partial charge is 0.459 e. The van der Waals surface area contributed by atoms with Crippen molar-refractivity contribution in [1.82, 2.24) is 0 Å². The van der Waals surface area contributed by atoms with Crippen LogP contribution in [0.3, 0.4) is 0 Å². The zero-order valence-corrected chi connectivity index (χ0v) is 41.4. The van der Waals surface area contributed by atoms with Crippen molar-refractivity contribution in [3.63, 3.8) is 0 Å². The molecule has 0 unspecified atom stereocenters. The Morgan fingerprint density at radius 2 is 0.653 bits per heavy atom. The summed E-state index contributed by atoms with van der Waals surface area (Å²) >= 11 is 18.5. The monoisotopic (exact) mass is 1080 g/mol. The molecule has 8 rings (SSSR count). The van der Waals surface area contributed by atoms with Gasteiger partial charge in [-0.05, 0) is 72.8 Å². The third kappa shape index (κ3) is 14.0. The van der Waals surface area contributed by atoms with E-state index in [-0.39, 0.29) is 33.4 Å². The van der Waals surface area contributed by atoms with Crippen LogP contribution in [0.5, 0.6) is 0 Å². The summed E-state index contributed by atoms with van der Waals surface area (Å²) in [5.41, 5.74) is 0.427. The van der Waals surface area contributed by atoms with Crippen LogP contribution in [-0.2, 0) is 47.4 Å². The average Bonchev–Trinajstić information content (AvgIpc) is 3.75. The maximum absolute atomic E-state index is 14.3. The second-order valence-electron chi connectivity index (χ2n) is 16.5. The summed E-state index contributed by atoms with van der Waals surface area (Å²) in [7, 11) is 0. The fourth-order valence-corrected chi connectivity index (χ4v) is 7.90. The number of benzene rings is 6. The Hall–Kier alpha value is -7.64. The highest BCUT2D eigenvalue weighted by molar-refractivity contribution is 6.76. The van der Waals surface area contributed by atoms with Crippen LogP contribution in [0.15, 0.2) is 182 Å².